The van der Waals surface area contributed by atoms with Crippen LogP contribution in [0.2, 0.25) is 0 Å². The number of hydrogen-bond acceptors (Lipinski definition) is 5. The summed E-state index contributed by atoms with van der Waals surface area (Å²) in [7, 11) is 0. The Morgan fingerprint density at radius 2 is 1.91 bits per heavy atom. The van der Waals surface area contributed by atoms with Gasteiger partial charge in [0.2, 0.25) is 5.91 Å². The van der Waals surface area contributed by atoms with Crippen LogP contribution in [0, 0.1) is 0 Å². The average molecular weight is 464 g/mol. The maximum absolute atomic E-state index is 12.9. The van der Waals surface area contributed by atoms with Crippen LogP contribution < -0.4 is 5.32 Å². The monoisotopic (exact) mass is 463 g/mol. The largest absolute Gasteiger partial charge is 0.336 e. The summed E-state index contributed by atoms with van der Waals surface area (Å²) in [6, 6.07) is 14.8. The summed E-state index contributed by atoms with van der Waals surface area (Å²) in [4.78, 5) is 26.1. The molecule has 1 atom stereocenters. The van der Waals surface area contributed by atoms with Crippen LogP contribution in [0.4, 0.5) is 4.79 Å². The van der Waals surface area contributed by atoms with E-state index < -0.39 is 5.25 Å². The van der Waals surface area contributed by atoms with Crippen LogP contribution in [0.5, 0.6) is 0 Å². The number of amides is 3. The van der Waals surface area contributed by atoms with E-state index in [0.29, 0.717) is 25.6 Å². The van der Waals surface area contributed by atoms with Gasteiger partial charge in [-0.25, -0.2) is 4.79 Å². The predicted molar refractivity (Wildman–Crippen MR) is 129 cm³/mol. The van der Waals surface area contributed by atoms with Gasteiger partial charge in [0.1, 0.15) is 5.82 Å². The highest BCUT2D eigenvalue weighted by atomic mass is 32.2. The third-order valence-electron chi connectivity index (χ3n) is 6.66. The first kappa shape index (κ1) is 21.9. The molecule has 2 aromatic carbocycles. The smallest absolute Gasteiger partial charge is 0.324 e. The number of carbonyl (C=O) groups excluding carboxylic acids is 2. The van der Waals surface area contributed by atoms with Crippen molar-refractivity contribution in [3.05, 3.63) is 53.9 Å². The minimum atomic E-state index is -0.411. The number of fused-ring (bicyclic) bond motifs is 1. The minimum Gasteiger partial charge on any atom is -0.336 e. The molecule has 5 rings (SSSR count). The SMILES string of the molecule is CC(Sc1nnc(Cc2cccc3ccccc23)n1C1CCCCC1)C(=O)N1CCNC1=O. The molecule has 3 amide bonds. The quantitative estimate of drug-likeness (QED) is 0.542. The molecule has 0 radical (unpaired) electrons. The van der Waals surface area contributed by atoms with Crippen LogP contribution in [-0.4, -0.2) is 49.9 Å². The lowest BCUT2D eigenvalue weighted by Crippen LogP contribution is -2.39. The number of aromatic nitrogens is 3. The van der Waals surface area contributed by atoms with E-state index >= 15 is 0 Å². The van der Waals surface area contributed by atoms with Crippen LogP contribution in [0.1, 0.15) is 56.5 Å². The van der Waals surface area contributed by atoms with E-state index in [1.807, 2.05) is 6.92 Å². The molecule has 1 aliphatic heterocycles. The number of hydrogen-bond donors (Lipinski definition) is 1. The highest BCUT2D eigenvalue weighted by Crippen LogP contribution is 2.35. The minimum absolute atomic E-state index is 0.177. The van der Waals surface area contributed by atoms with Gasteiger partial charge in [0.25, 0.3) is 0 Å². The molecule has 172 valence electrons. The normalized spacial score (nSPS) is 18.0. The molecule has 2 heterocycles. The lowest BCUT2D eigenvalue weighted by Gasteiger charge is -2.26. The molecule has 1 aliphatic carbocycles. The summed E-state index contributed by atoms with van der Waals surface area (Å²) in [5.74, 6) is 0.767. The average Bonchev–Trinajstić information content (AvgIpc) is 3.45. The molecule has 2 aliphatic rings. The fourth-order valence-corrected chi connectivity index (χ4v) is 5.94. The zero-order valence-electron chi connectivity index (χ0n) is 18.9. The summed E-state index contributed by atoms with van der Waals surface area (Å²) in [5, 5.41) is 14.7. The molecule has 1 aromatic heterocycles. The Morgan fingerprint density at radius 1 is 1.12 bits per heavy atom. The molecular weight excluding hydrogens is 434 g/mol. The molecule has 1 saturated carbocycles. The van der Waals surface area contributed by atoms with Gasteiger partial charge in [-0.2, -0.15) is 0 Å². The van der Waals surface area contributed by atoms with Gasteiger partial charge in [-0.05, 0) is 36.1 Å². The topological polar surface area (TPSA) is 80.1 Å². The second kappa shape index (κ2) is 9.55. The van der Waals surface area contributed by atoms with Gasteiger partial charge < -0.3 is 9.88 Å². The molecule has 2 fully saturated rings. The van der Waals surface area contributed by atoms with Crippen molar-refractivity contribution in [3.63, 3.8) is 0 Å². The Balaban J connectivity index is 1.45. The number of carbonyl (C=O) groups is 2. The number of benzene rings is 2. The molecule has 33 heavy (non-hydrogen) atoms. The van der Waals surface area contributed by atoms with Gasteiger partial charge in [-0.15, -0.1) is 10.2 Å². The number of nitrogens with zero attached hydrogens (tertiary/aromatic N) is 4. The number of urea groups is 1. The van der Waals surface area contributed by atoms with Crippen LogP contribution in [0.15, 0.2) is 47.6 Å². The number of imide groups is 1. The lowest BCUT2D eigenvalue weighted by molar-refractivity contribution is -0.126. The van der Waals surface area contributed by atoms with Gasteiger partial charge in [-0.1, -0.05) is 73.5 Å². The van der Waals surface area contributed by atoms with E-state index in [4.69, 9.17) is 0 Å². The lowest BCUT2D eigenvalue weighted by atomic mass is 9.95. The Morgan fingerprint density at radius 3 is 2.70 bits per heavy atom. The highest BCUT2D eigenvalue weighted by molar-refractivity contribution is 8.00. The molecular formula is C25H29N5O2S. The zero-order chi connectivity index (χ0) is 22.8. The first-order chi connectivity index (χ1) is 16.1. The van der Waals surface area contributed by atoms with Crippen molar-refractivity contribution >= 4 is 34.5 Å². The van der Waals surface area contributed by atoms with E-state index in [1.54, 1.807) is 0 Å². The fourth-order valence-electron chi connectivity index (χ4n) is 4.94. The van der Waals surface area contributed by atoms with Crippen molar-refractivity contribution in [1.82, 2.24) is 25.0 Å². The molecule has 0 bridgehead atoms. The molecule has 8 heteroatoms. The van der Waals surface area contributed by atoms with Crippen LogP contribution in [0.25, 0.3) is 10.8 Å². The Kier molecular flexibility index (Phi) is 6.35. The van der Waals surface area contributed by atoms with Crippen LogP contribution >= 0.6 is 11.8 Å². The maximum Gasteiger partial charge on any atom is 0.324 e. The molecule has 1 N–H and O–H groups in total. The van der Waals surface area contributed by atoms with Crippen LogP contribution in [0.3, 0.4) is 0 Å². The molecule has 3 aromatic rings. The summed E-state index contributed by atoms with van der Waals surface area (Å²) in [6.07, 6.45) is 6.56. The summed E-state index contributed by atoms with van der Waals surface area (Å²) >= 11 is 1.41. The van der Waals surface area contributed by atoms with Gasteiger partial charge in [0.15, 0.2) is 5.16 Å². The van der Waals surface area contributed by atoms with E-state index in [1.165, 1.54) is 52.3 Å². The molecule has 1 saturated heterocycles. The predicted octanol–water partition coefficient (Wildman–Crippen LogP) is 4.56. The summed E-state index contributed by atoms with van der Waals surface area (Å²) in [6.45, 7) is 2.78. The molecule has 1 unspecified atom stereocenters. The Bertz CT molecular complexity index is 1170. The maximum atomic E-state index is 12.9. The van der Waals surface area contributed by atoms with Gasteiger partial charge in [-0.3, -0.25) is 9.69 Å². The second-order valence-corrected chi connectivity index (χ2v) is 10.2. The van der Waals surface area contributed by atoms with Crippen molar-refractivity contribution in [2.45, 2.75) is 61.9 Å². The number of rotatable bonds is 6. The Hall–Kier alpha value is -2.87. The van der Waals surface area contributed by atoms with Gasteiger partial charge in [0, 0.05) is 25.6 Å². The highest BCUT2D eigenvalue weighted by Gasteiger charge is 2.32. The van der Waals surface area contributed by atoms with E-state index in [9.17, 15) is 9.59 Å². The third kappa shape index (κ3) is 4.49. The van der Waals surface area contributed by atoms with E-state index in [2.05, 4.69) is 62.5 Å². The third-order valence-corrected chi connectivity index (χ3v) is 7.70. The van der Waals surface area contributed by atoms with Gasteiger partial charge in [0.05, 0.1) is 5.25 Å². The van der Waals surface area contributed by atoms with E-state index in [-0.39, 0.29) is 11.9 Å². The fraction of sp³-hybridized carbons (Fsp3) is 0.440. The Labute approximate surface area is 197 Å². The summed E-state index contributed by atoms with van der Waals surface area (Å²) in [5.41, 5.74) is 1.23. The standard InChI is InChI=1S/C25H29N5O2S/c1-17(23(31)29-15-14-26-24(29)32)33-25-28-27-22(30(25)20-11-3-2-4-12-20)16-19-10-7-9-18-8-5-6-13-21(18)19/h5-10,13,17,20H,2-4,11-12,14-16H2,1H3,(H,26,32). The summed E-state index contributed by atoms with van der Waals surface area (Å²) < 4.78 is 2.28. The molecule has 0 spiro atoms. The second-order valence-electron chi connectivity index (χ2n) is 8.86. The number of nitrogens with one attached hydrogen (secondary N) is 1. The first-order valence-corrected chi connectivity index (χ1v) is 12.7. The molecule has 7 nitrogen and oxygen atoms in total. The van der Waals surface area contributed by atoms with Crippen molar-refractivity contribution in [3.8, 4) is 0 Å². The number of thioether (sulfide) groups is 1. The van der Waals surface area contributed by atoms with Crippen molar-refractivity contribution < 1.29 is 9.59 Å². The van der Waals surface area contributed by atoms with E-state index in [0.717, 1.165) is 23.8 Å². The zero-order valence-corrected chi connectivity index (χ0v) is 19.7. The first-order valence-electron chi connectivity index (χ1n) is 11.8. The van der Waals surface area contributed by atoms with Crippen molar-refractivity contribution in [2.75, 3.05) is 13.1 Å². The van der Waals surface area contributed by atoms with Gasteiger partial charge >= 0.3 is 6.03 Å². The van der Waals surface area contributed by atoms with Crippen molar-refractivity contribution in [2.24, 2.45) is 0 Å². The van der Waals surface area contributed by atoms with Crippen molar-refractivity contribution in [1.29, 1.82) is 0 Å². The van der Waals surface area contributed by atoms with Crippen LogP contribution in [-0.2, 0) is 11.2 Å².